The summed E-state index contributed by atoms with van der Waals surface area (Å²) in [6, 6.07) is 6.29. The number of carbonyl (C=O) groups is 1. The van der Waals surface area contributed by atoms with Crippen molar-refractivity contribution in [3.8, 4) is 0 Å². The molecule has 0 aliphatic heterocycles. The molecule has 0 saturated carbocycles. The van der Waals surface area contributed by atoms with Gasteiger partial charge in [-0.3, -0.25) is 4.79 Å². The lowest BCUT2D eigenvalue weighted by molar-refractivity contribution is -0.120. The highest BCUT2D eigenvalue weighted by atomic mass is 16.5. The Labute approximate surface area is 128 Å². The Morgan fingerprint density at radius 2 is 1.86 bits per heavy atom. The summed E-state index contributed by atoms with van der Waals surface area (Å²) in [6.45, 7) is 11.9. The predicted molar refractivity (Wildman–Crippen MR) is 86.9 cm³/mol. The SMILES string of the molecule is CCCOCC(=O)Nc1ccc2c(c1)C(C)(C)CC2(C)C. The molecule has 0 aromatic heterocycles. The summed E-state index contributed by atoms with van der Waals surface area (Å²) in [5.74, 6) is -0.0848. The molecule has 3 nitrogen and oxygen atoms in total. The number of benzene rings is 1. The highest BCUT2D eigenvalue weighted by Gasteiger charge is 2.41. The zero-order chi connectivity index (χ0) is 15.7. The summed E-state index contributed by atoms with van der Waals surface area (Å²) < 4.78 is 5.27. The van der Waals surface area contributed by atoms with Crippen LogP contribution in [0.4, 0.5) is 5.69 Å². The number of amides is 1. The molecule has 3 heteroatoms. The summed E-state index contributed by atoms with van der Waals surface area (Å²) in [4.78, 5) is 11.8. The van der Waals surface area contributed by atoms with Crippen molar-refractivity contribution in [3.63, 3.8) is 0 Å². The number of carbonyl (C=O) groups excluding carboxylic acids is 1. The van der Waals surface area contributed by atoms with Gasteiger partial charge in [-0.1, -0.05) is 40.7 Å². The van der Waals surface area contributed by atoms with Crippen LogP contribution in [0.1, 0.15) is 58.6 Å². The van der Waals surface area contributed by atoms with Crippen molar-refractivity contribution >= 4 is 11.6 Å². The van der Waals surface area contributed by atoms with Crippen LogP contribution < -0.4 is 5.32 Å². The molecule has 2 rings (SSSR count). The maximum Gasteiger partial charge on any atom is 0.250 e. The van der Waals surface area contributed by atoms with Gasteiger partial charge >= 0.3 is 0 Å². The second-order valence-corrected chi connectivity index (χ2v) is 7.31. The molecule has 1 amide bonds. The Bertz CT molecular complexity index is 532. The molecule has 0 bridgehead atoms. The molecule has 0 atom stereocenters. The van der Waals surface area contributed by atoms with Crippen molar-refractivity contribution in [3.05, 3.63) is 29.3 Å². The quantitative estimate of drug-likeness (QED) is 0.832. The van der Waals surface area contributed by atoms with Crippen LogP contribution in [0.2, 0.25) is 0 Å². The van der Waals surface area contributed by atoms with Crippen LogP contribution in [-0.4, -0.2) is 19.1 Å². The van der Waals surface area contributed by atoms with E-state index in [9.17, 15) is 4.79 Å². The maximum absolute atomic E-state index is 11.8. The minimum atomic E-state index is -0.0848. The van der Waals surface area contributed by atoms with E-state index in [1.807, 2.05) is 13.0 Å². The second kappa shape index (κ2) is 5.80. The normalized spacial score (nSPS) is 18.3. The van der Waals surface area contributed by atoms with E-state index < -0.39 is 0 Å². The molecule has 0 saturated heterocycles. The molecule has 0 unspecified atom stereocenters. The summed E-state index contributed by atoms with van der Waals surface area (Å²) in [7, 11) is 0. The van der Waals surface area contributed by atoms with Crippen LogP contribution in [0, 0.1) is 0 Å². The molecule has 21 heavy (non-hydrogen) atoms. The van der Waals surface area contributed by atoms with Crippen molar-refractivity contribution < 1.29 is 9.53 Å². The van der Waals surface area contributed by atoms with Gasteiger partial charge in [0.25, 0.3) is 0 Å². The van der Waals surface area contributed by atoms with E-state index in [0.29, 0.717) is 6.61 Å². The van der Waals surface area contributed by atoms with E-state index in [1.54, 1.807) is 0 Å². The van der Waals surface area contributed by atoms with Gasteiger partial charge in [-0.15, -0.1) is 0 Å². The van der Waals surface area contributed by atoms with Gasteiger partial charge in [0.15, 0.2) is 0 Å². The molecule has 1 N–H and O–H groups in total. The molecule has 1 aromatic rings. The van der Waals surface area contributed by atoms with Crippen LogP contribution in [0.15, 0.2) is 18.2 Å². The monoisotopic (exact) mass is 289 g/mol. The molecular weight excluding hydrogens is 262 g/mol. The van der Waals surface area contributed by atoms with Crippen LogP contribution in [0.3, 0.4) is 0 Å². The maximum atomic E-state index is 11.8. The van der Waals surface area contributed by atoms with E-state index >= 15 is 0 Å². The lowest BCUT2D eigenvalue weighted by atomic mass is 9.82. The fraction of sp³-hybridized carbons (Fsp3) is 0.611. The van der Waals surface area contributed by atoms with Gasteiger partial charge in [-0.2, -0.15) is 0 Å². The van der Waals surface area contributed by atoms with Gasteiger partial charge in [0, 0.05) is 12.3 Å². The fourth-order valence-electron chi connectivity index (χ4n) is 3.57. The average molecular weight is 289 g/mol. The first kappa shape index (κ1) is 16.0. The summed E-state index contributed by atoms with van der Waals surface area (Å²) in [6.07, 6.45) is 2.06. The highest BCUT2D eigenvalue weighted by molar-refractivity contribution is 5.91. The van der Waals surface area contributed by atoms with Gasteiger partial charge in [0.1, 0.15) is 6.61 Å². The smallest absolute Gasteiger partial charge is 0.250 e. The van der Waals surface area contributed by atoms with Crippen molar-refractivity contribution in [1.82, 2.24) is 0 Å². The molecule has 0 heterocycles. The van der Waals surface area contributed by atoms with Crippen molar-refractivity contribution in [2.24, 2.45) is 0 Å². The third-order valence-corrected chi connectivity index (χ3v) is 4.23. The van der Waals surface area contributed by atoms with Gasteiger partial charge < -0.3 is 10.1 Å². The Hall–Kier alpha value is -1.35. The van der Waals surface area contributed by atoms with Gasteiger partial charge in [-0.25, -0.2) is 0 Å². The first-order chi connectivity index (χ1) is 9.76. The van der Waals surface area contributed by atoms with Crippen molar-refractivity contribution in [1.29, 1.82) is 0 Å². The third-order valence-electron chi connectivity index (χ3n) is 4.23. The number of hydrogen-bond acceptors (Lipinski definition) is 2. The molecule has 1 aromatic carbocycles. The summed E-state index contributed by atoms with van der Waals surface area (Å²) >= 11 is 0. The average Bonchev–Trinajstić information content (AvgIpc) is 2.55. The predicted octanol–water partition coefficient (Wildman–Crippen LogP) is 4.01. The topological polar surface area (TPSA) is 38.3 Å². The van der Waals surface area contributed by atoms with E-state index in [-0.39, 0.29) is 23.3 Å². The van der Waals surface area contributed by atoms with E-state index in [1.165, 1.54) is 11.1 Å². The van der Waals surface area contributed by atoms with Crippen LogP contribution in [0.25, 0.3) is 0 Å². The summed E-state index contributed by atoms with van der Waals surface area (Å²) in [5, 5.41) is 2.93. The fourth-order valence-corrected chi connectivity index (χ4v) is 3.57. The minimum absolute atomic E-state index is 0.0848. The Morgan fingerprint density at radius 1 is 1.19 bits per heavy atom. The van der Waals surface area contributed by atoms with Crippen LogP contribution >= 0.6 is 0 Å². The minimum Gasteiger partial charge on any atom is -0.372 e. The Balaban J connectivity index is 2.13. The molecule has 1 aliphatic rings. The highest BCUT2D eigenvalue weighted by Crippen LogP contribution is 2.49. The number of anilines is 1. The molecule has 116 valence electrons. The lowest BCUT2D eigenvalue weighted by Crippen LogP contribution is -2.19. The number of rotatable bonds is 5. The van der Waals surface area contributed by atoms with E-state index in [2.05, 4.69) is 45.1 Å². The first-order valence-electron chi connectivity index (χ1n) is 7.79. The van der Waals surface area contributed by atoms with Gasteiger partial charge in [0.2, 0.25) is 5.91 Å². The Kier molecular flexibility index (Phi) is 4.43. The van der Waals surface area contributed by atoms with E-state index in [0.717, 1.165) is 18.5 Å². The number of ether oxygens (including phenoxy) is 1. The Morgan fingerprint density at radius 3 is 2.52 bits per heavy atom. The molecular formula is C18H27NO2. The zero-order valence-corrected chi connectivity index (χ0v) is 13.9. The molecule has 1 aliphatic carbocycles. The zero-order valence-electron chi connectivity index (χ0n) is 13.9. The van der Waals surface area contributed by atoms with Crippen LogP contribution in [0.5, 0.6) is 0 Å². The van der Waals surface area contributed by atoms with Gasteiger partial charge in [0.05, 0.1) is 0 Å². The largest absolute Gasteiger partial charge is 0.372 e. The molecule has 0 radical (unpaired) electrons. The standard InChI is InChI=1S/C18H27NO2/c1-6-9-21-11-16(20)19-13-7-8-14-15(10-13)18(4,5)12-17(14,2)3/h7-8,10H,6,9,11-12H2,1-5H3,(H,19,20). The lowest BCUT2D eigenvalue weighted by Gasteiger charge is -2.22. The first-order valence-corrected chi connectivity index (χ1v) is 7.79. The molecule has 0 fully saturated rings. The van der Waals surface area contributed by atoms with Crippen molar-refractivity contribution in [2.75, 3.05) is 18.5 Å². The third kappa shape index (κ3) is 3.46. The number of nitrogens with one attached hydrogen (secondary N) is 1. The van der Waals surface area contributed by atoms with E-state index in [4.69, 9.17) is 4.74 Å². The van der Waals surface area contributed by atoms with Crippen LogP contribution in [-0.2, 0) is 20.4 Å². The number of hydrogen-bond donors (Lipinski definition) is 1. The van der Waals surface area contributed by atoms with Crippen molar-refractivity contribution in [2.45, 2.75) is 58.3 Å². The number of fused-ring (bicyclic) bond motifs is 1. The summed E-state index contributed by atoms with van der Waals surface area (Å²) in [5.41, 5.74) is 3.96. The van der Waals surface area contributed by atoms with Gasteiger partial charge in [-0.05, 0) is 46.9 Å². The molecule has 0 spiro atoms. The second-order valence-electron chi connectivity index (χ2n) is 7.31.